The maximum absolute atomic E-state index is 12.9. The molecule has 0 atom stereocenters. The summed E-state index contributed by atoms with van der Waals surface area (Å²) < 4.78 is 38.6. The number of nitrogens with one attached hydrogen (secondary N) is 1. The van der Waals surface area contributed by atoms with Crippen LogP contribution in [0, 0.1) is 0 Å². The Balaban J connectivity index is 1.20. The SMILES string of the molecule is O=C1CCN(N2Cc3cc(CN4CCN(c5ncc(C(F)(F)F)cc5Cl)CC4)ccc3C2=O)C(=O)N1. The van der Waals surface area contributed by atoms with E-state index in [0.717, 1.165) is 23.4 Å². The quantitative estimate of drug-likeness (QED) is 0.664. The normalized spacial score (nSPS) is 19.1. The van der Waals surface area contributed by atoms with E-state index in [4.69, 9.17) is 11.6 Å². The van der Waals surface area contributed by atoms with Crippen LogP contribution in [0.3, 0.4) is 0 Å². The van der Waals surface area contributed by atoms with Gasteiger partial charge in [-0.05, 0) is 23.3 Å². The lowest BCUT2D eigenvalue weighted by Gasteiger charge is -2.35. The summed E-state index contributed by atoms with van der Waals surface area (Å²) >= 11 is 6.09. The third kappa shape index (κ3) is 4.70. The molecular formula is C23H22ClF3N6O3. The summed E-state index contributed by atoms with van der Waals surface area (Å²) in [4.78, 5) is 44.4. The molecule has 0 spiro atoms. The summed E-state index contributed by atoms with van der Waals surface area (Å²) in [6.45, 7) is 3.44. The van der Waals surface area contributed by atoms with Crippen LogP contribution in [0.15, 0.2) is 30.5 Å². The summed E-state index contributed by atoms with van der Waals surface area (Å²) in [5, 5.41) is 4.82. The lowest BCUT2D eigenvalue weighted by Crippen LogP contribution is -2.56. The van der Waals surface area contributed by atoms with Gasteiger partial charge in [0.2, 0.25) is 5.91 Å². The van der Waals surface area contributed by atoms with E-state index in [-0.39, 0.29) is 36.3 Å². The van der Waals surface area contributed by atoms with Gasteiger partial charge in [-0.15, -0.1) is 0 Å². The highest BCUT2D eigenvalue weighted by Gasteiger charge is 2.37. The van der Waals surface area contributed by atoms with E-state index in [1.54, 1.807) is 6.07 Å². The predicted octanol–water partition coefficient (Wildman–Crippen LogP) is 2.89. The number of hydrogen-bond donors (Lipinski definition) is 1. The van der Waals surface area contributed by atoms with Crippen molar-refractivity contribution in [1.82, 2.24) is 25.2 Å². The molecule has 36 heavy (non-hydrogen) atoms. The summed E-state index contributed by atoms with van der Waals surface area (Å²) in [5.74, 6) is -0.307. The van der Waals surface area contributed by atoms with Gasteiger partial charge in [0.15, 0.2) is 0 Å². The molecule has 3 aliphatic heterocycles. The van der Waals surface area contributed by atoms with Crippen molar-refractivity contribution >= 4 is 35.3 Å². The zero-order chi connectivity index (χ0) is 25.6. The van der Waals surface area contributed by atoms with Gasteiger partial charge in [0.1, 0.15) is 5.82 Å². The molecule has 2 aromatic rings. The second kappa shape index (κ2) is 9.25. The van der Waals surface area contributed by atoms with Gasteiger partial charge >= 0.3 is 12.2 Å². The zero-order valence-corrected chi connectivity index (χ0v) is 19.8. The molecule has 2 saturated heterocycles. The lowest BCUT2D eigenvalue weighted by molar-refractivity contribution is -0.137. The zero-order valence-electron chi connectivity index (χ0n) is 19.0. The number of piperazine rings is 1. The number of alkyl halides is 3. The number of nitrogens with zero attached hydrogens (tertiary/aromatic N) is 5. The number of aromatic nitrogens is 1. The molecule has 190 valence electrons. The largest absolute Gasteiger partial charge is 0.417 e. The fourth-order valence-electron chi connectivity index (χ4n) is 4.63. The first kappa shape index (κ1) is 24.3. The van der Waals surface area contributed by atoms with Crippen molar-refractivity contribution in [3.05, 3.63) is 57.7 Å². The van der Waals surface area contributed by atoms with E-state index in [0.29, 0.717) is 44.1 Å². The molecule has 13 heteroatoms. The fourth-order valence-corrected chi connectivity index (χ4v) is 4.92. The number of carbonyl (C=O) groups excluding carboxylic acids is 3. The van der Waals surface area contributed by atoms with Crippen LogP contribution >= 0.6 is 11.6 Å². The van der Waals surface area contributed by atoms with Crippen LogP contribution < -0.4 is 10.2 Å². The van der Waals surface area contributed by atoms with Crippen LogP contribution in [0.2, 0.25) is 5.02 Å². The van der Waals surface area contributed by atoms with Crippen molar-refractivity contribution in [2.45, 2.75) is 25.7 Å². The van der Waals surface area contributed by atoms with Gasteiger partial charge in [-0.25, -0.2) is 19.8 Å². The van der Waals surface area contributed by atoms with Gasteiger partial charge in [-0.3, -0.25) is 19.8 Å². The first-order valence-corrected chi connectivity index (χ1v) is 11.7. The molecule has 0 saturated carbocycles. The molecular weight excluding hydrogens is 501 g/mol. The predicted molar refractivity (Wildman–Crippen MR) is 123 cm³/mol. The van der Waals surface area contributed by atoms with Gasteiger partial charge in [0.25, 0.3) is 5.91 Å². The first-order valence-electron chi connectivity index (χ1n) is 11.3. The fraction of sp³-hybridized carbons (Fsp3) is 0.391. The van der Waals surface area contributed by atoms with E-state index < -0.39 is 17.8 Å². The number of rotatable bonds is 4. The number of benzene rings is 1. The Morgan fingerprint density at radius 3 is 2.42 bits per heavy atom. The maximum Gasteiger partial charge on any atom is 0.417 e. The molecule has 1 aromatic heterocycles. The number of pyridine rings is 1. The maximum atomic E-state index is 12.9. The lowest BCUT2D eigenvalue weighted by atomic mass is 10.1. The van der Waals surface area contributed by atoms with Crippen molar-refractivity contribution in [3.63, 3.8) is 0 Å². The Labute approximate surface area is 209 Å². The molecule has 1 N–H and O–H groups in total. The average Bonchev–Trinajstić information content (AvgIpc) is 3.14. The van der Waals surface area contributed by atoms with E-state index in [9.17, 15) is 27.6 Å². The van der Waals surface area contributed by atoms with Gasteiger partial charge in [0.05, 0.1) is 23.7 Å². The third-order valence-electron chi connectivity index (χ3n) is 6.50. The van der Waals surface area contributed by atoms with Crippen molar-refractivity contribution < 1.29 is 27.6 Å². The Bertz CT molecular complexity index is 1230. The van der Waals surface area contributed by atoms with Crippen molar-refractivity contribution in [3.8, 4) is 0 Å². The van der Waals surface area contributed by atoms with Gasteiger partial charge in [-0.1, -0.05) is 23.7 Å². The molecule has 3 aliphatic rings. The Morgan fingerprint density at radius 2 is 1.75 bits per heavy atom. The number of halogens is 4. The molecule has 4 amide bonds. The molecule has 9 nitrogen and oxygen atoms in total. The topological polar surface area (TPSA) is 89.1 Å². The van der Waals surface area contributed by atoms with E-state index in [1.807, 2.05) is 17.0 Å². The summed E-state index contributed by atoms with van der Waals surface area (Å²) in [6, 6.07) is 5.87. The van der Waals surface area contributed by atoms with E-state index in [2.05, 4.69) is 15.2 Å². The van der Waals surface area contributed by atoms with Crippen molar-refractivity contribution in [1.29, 1.82) is 0 Å². The Morgan fingerprint density at radius 1 is 1.00 bits per heavy atom. The number of anilines is 1. The van der Waals surface area contributed by atoms with Crippen LogP contribution in [0.1, 0.15) is 33.5 Å². The third-order valence-corrected chi connectivity index (χ3v) is 6.78. The number of carbonyl (C=O) groups is 3. The van der Waals surface area contributed by atoms with E-state index >= 15 is 0 Å². The molecule has 0 aliphatic carbocycles. The second-order valence-corrected chi connectivity index (χ2v) is 9.28. The molecule has 5 rings (SSSR count). The smallest absolute Gasteiger partial charge is 0.353 e. The van der Waals surface area contributed by atoms with E-state index in [1.165, 1.54) is 10.0 Å². The monoisotopic (exact) mass is 522 g/mol. The molecule has 0 unspecified atom stereocenters. The Kier molecular flexibility index (Phi) is 6.25. The number of amides is 4. The van der Waals surface area contributed by atoms with Crippen LogP contribution in [-0.2, 0) is 24.1 Å². The van der Waals surface area contributed by atoms with Crippen molar-refractivity contribution in [2.24, 2.45) is 0 Å². The van der Waals surface area contributed by atoms with Crippen LogP contribution in [-0.4, -0.2) is 70.5 Å². The van der Waals surface area contributed by atoms with Crippen molar-refractivity contribution in [2.75, 3.05) is 37.6 Å². The average molecular weight is 523 g/mol. The standard InChI is InChI=1S/C23H22ClF3N6O3/c24-18-10-16(23(25,26)27)11-28-20(18)31-7-5-30(6-8-31)12-14-1-2-17-15(9-14)13-33(21(17)35)32-4-3-19(34)29-22(32)36/h1-2,9-11H,3-8,12-13H2,(H,29,34,36). The molecule has 0 bridgehead atoms. The van der Waals surface area contributed by atoms with Crippen LogP contribution in [0.25, 0.3) is 0 Å². The Hall–Kier alpha value is -3.38. The van der Waals surface area contributed by atoms with Gasteiger partial charge in [0, 0.05) is 50.9 Å². The molecule has 2 fully saturated rings. The minimum absolute atomic E-state index is 0.0297. The number of hydrogen-bond acceptors (Lipinski definition) is 6. The highest BCUT2D eigenvalue weighted by molar-refractivity contribution is 6.33. The minimum Gasteiger partial charge on any atom is -0.353 e. The van der Waals surface area contributed by atoms with Crippen LogP contribution in [0.4, 0.5) is 23.8 Å². The number of hydrazine groups is 1. The van der Waals surface area contributed by atoms with Crippen LogP contribution in [0.5, 0.6) is 0 Å². The summed E-state index contributed by atoms with van der Waals surface area (Å²) in [6.07, 6.45) is -3.56. The molecule has 1 aromatic carbocycles. The highest BCUT2D eigenvalue weighted by atomic mass is 35.5. The molecule has 4 heterocycles. The summed E-state index contributed by atoms with van der Waals surface area (Å²) in [7, 11) is 0. The van der Waals surface area contributed by atoms with Gasteiger partial charge in [-0.2, -0.15) is 13.2 Å². The second-order valence-electron chi connectivity index (χ2n) is 8.87. The number of urea groups is 1. The van der Waals surface area contributed by atoms with Gasteiger partial charge < -0.3 is 4.90 Å². The summed E-state index contributed by atoms with van der Waals surface area (Å²) in [5.41, 5.74) is 1.46. The number of imide groups is 1. The molecule has 0 radical (unpaired) electrons. The minimum atomic E-state index is -4.50. The number of fused-ring (bicyclic) bond motifs is 1. The highest BCUT2D eigenvalue weighted by Crippen LogP contribution is 2.34. The first-order chi connectivity index (χ1) is 17.1.